The zero-order valence-corrected chi connectivity index (χ0v) is 13.4. The van der Waals surface area contributed by atoms with Crippen molar-refractivity contribution in [3.63, 3.8) is 0 Å². The molecule has 21 heavy (non-hydrogen) atoms. The van der Waals surface area contributed by atoms with Gasteiger partial charge < -0.3 is 14.4 Å². The number of fused-ring (bicyclic) bond motifs is 1. The Morgan fingerprint density at radius 3 is 2.48 bits per heavy atom. The number of pyridine rings is 1. The number of aromatic nitrogens is 1. The zero-order valence-electron chi connectivity index (χ0n) is 13.4. The fourth-order valence-electron chi connectivity index (χ4n) is 2.62. The monoisotopic (exact) mass is 294 g/mol. The van der Waals surface area contributed by atoms with Crippen LogP contribution in [0.5, 0.6) is 5.75 Å². The van der Waals surface area contributed by atoms with E-state index in [1.54, 1.807) is 34.7 Å². The third kappa shape index (κ3) is 2.50. The van der Waals surface area contributed by atoms with Crippen LogP contribution in [0.1, 0.15) is 50.6 Å². The first-order valence-corrected chi connectivity index (χ1v) is 6.95. The number of hydrogen-bond donors (Lipinski definition) is 1. The second-order valence-corrected chi connectivity index (χ2v) is 6.48. The smallest absolute Gasteiger partial charge is 0.411 e. The molecule has 0 fully saturated rings. The van der Waals surface area contributed by atoms with Gasteiger partial charge in [0, 0.05) is 18.3 Å². The summed E-state index contributed by atoms with van der Waals surface area (Å²) in [6, 6.07) is -0.333. The number of ether oxygens (including phenoxy) is 1. The van der Waals surface area contributed by atoms with Crippen molar-refractivity contribution in [2.45, 2.75) is 52.8 Å². The normalized spacial score (nSPS) is 17.8. The molecule has 6 heteroatoms. The van der Waals surface area contributed by atoms with E-state index in [4.69, 9.17) is 4.74 Å². The van der Waals surface area contributed by atoms with Gasteiger partial charge in [-0.25, -0.2) is 4.79 Å². The molecular formula is C15H22N2O4. The van der Waals surface area contributed by atoms with Gasteiger partial charge in [-0.2, -0.15) is 0 Å². The zero-order chi connectivity index (χ0) is 16.1. The fraction of sp³-hybridized carbons (Fsp3) is 0.600. The van der Waals surface area contributed by atoms with E-state index >= 15 is 0 Å². The number of nitrogens with zero attached hydrogens (tertiary/aromatic N) is 2. The van der Waals surface area contributed by atoms with Crippen molar-refractivity contribution in [3.8, 4) is 5.75 Å². The Morgan fingerprint density at radius 2 is 1.95 bits per heavy atom. The quantitative estimate of drug-likeness (QED) is 0.796. The summed E-state index contributed by atoms with van der Waals surface area (Å²) in [5, 5.41) is 10.2. The van der Waals surface area contributed by atoms with Gasteiger partial charge in [0.05, 0.1) is 18.2 Å². The van der Waals surface area contributed by atoms with E-state index in [1.165, 1.54) is 9.47 Å². The topological polar surface area (TPSA) is 71.8 Å². The van der Waals surface area contributed by atoms with E-state index in [-0.39, 0.29) is 23.9 Å². The maximum atomic E-state index is 12.3. The van der Waals surface area contributed by atoms with Crippen LogP contribution in [-0.4, -0.2) is 26.3 Å². The molecule has 1 N–H and O–H groups in total. The summed E-state index contributed by atoms with van der Waals surface area (Å²) >= 11 is 0. The van der Waals surface area contributed by atoms with Crippen LogP contribution >= 0.6 is 0 Å². The van der Waals surface area contributed by atoms with Crippen molar-refractivity contribution in [2.75, 3.05) is 0 Å². The van der Waals surface area contributed by atoms with Crippen molar-refractivity contribution >= 4 is 6.09 Å². The highest BCUT2D eigenvalue weighted by atomic mass is 16.6. The second-order valence-electron chi connectivity index (χ2n) is 6.48. The predicted octanol–water partition coefficient (Wildman–Crippen LogP) is 2.21. The first kappa shape index (κ1) is 15.4. The molecule has 116 valence electrons. The Bertz CT molecular complexity index is 655. The summed E-state index contributed by atoms with van der Waals surface area (Å²) in [5.74, 6) is -0.0216. The molecule has 1 aliphatic rings. The number of aromatic hydroxyl groups is 1. The number of hydrogen-bond acceptors (Lipinski definition) is 4. The number of rotatable bonds is 0. The molecule has 0 spiro atoms. The molecule has 6 nitrogen and oxygen atoms in total. The van der Waals surface area contributed by atoms with Crippen LogP contribution in [0.2, 0.25) is 0 Å². The number of amides is 1. The minimum Gasteiger partial charge on any atom is -0.507 e. The molecule has 2 heterocycles. The van der Waals surface area contributed by atoms with Crippen LogP contribution in [0.4, 0.5) is 4.79 Å². The molecule has 0 radical (unpaired) electrons. The van der Waals surface area contributed by atoms with E-state index in [0.717, 1.165) is 0 Å². The van der Waals surface area contributed by atoms with Crippen LogP contribution in [-0.2, 0) is 18.3 Å². The molecule has 0 aromatic carbocycles. The lowest BCUT2D eigenvalue weighted by Gasteiger charge is -2.27. The lowest BCUT2D eigenvalue weighted by Crippen LogP contribution is -2.35. The summed E-state index contributed by atoms with van der Waals surface area (Å²) in [7, 11) is 1.65. The first-order valence-electron chi connectivity index (χ1n) is 6.95. The third-order valence-electron chi connectivity index (χ3n) is 3.78. The van der Waals surface area contributed by atoms with E-state index in [1.807, 2.05) is 6.92 Å². The van der Waals surface area contributed by atoms with Crippen LogP contribution in [0.25, 0.3) is 0 Å². The van der Waals surface area contributed by atoms with Gasteiger partial charge in [0.25, 0.3) is 5.56 Å². The molecule has 0 aliphatic carbocycles. The van der Waals surface area contributed by atoms with Gasteiger partial charge in [-0.1, -0.05) is 0 Å². The molecule has 1 aliphatic heterocycles. The molecule has 1 aromatic heterocycles. The number of carbonyl (C=O) groups is 1. The first-order chi connectivity index (χ1) is 9.54. The molecule has 2 rings (SSSR count). The minimum atomic E-state index is -0.588. The van der Waals surface area contributed by atoms with Crippen molar-refractivity contribution < 1.29 is 14.6 Å². The fourth-order valence-corrected chi connectivity index (χ4v) is 2.62. The van der Waals surface area contributed by atoms with Gasteiger partial charge in [-0.05, 0) is 34.6 Å². The summed E-state index contributed by atoms with van der Waals surface area (Å²) in [4.78, 5) is 25.8. The van der Waals surface area contributed by atoms with Crippen LogP contribution in [0, 0.1) is 6.92 Å². The largest absolute Gasteiger partial charge is 0.507 e. The highest BCUT2D eigenvalue weighted by Crippen LogP contribution is 2.39. The maximum Gasteiger partial charge on any atom is 0.411 e. The summed E-state index contributed by atoms with van der Waals surface area (Å²) in [6.45, 7) is 9.06. The van der Waals surface area contributed by atoms with Crippen molar-refractivity contribution in [2.24, 2.45) is 7.05 Å². The van der Waals surface area contributed by atoms with Crippen molar-refractivity contribution in [1.29, 1.82) is 0 Å². The Morgan fingerprint density at radius 1 is 1.38 bits per heavy atom. The van der Waals surface area contributed by atoms with Gasteiger partial charge >= 0.3 is 6.09 Å². The van der Waals surface area contributed by atoms with Crippen molar-refractivity contribution in [3.05, 3.63) is 27.2 Å². The standard InChI is InChI=1S/C15H22N2O4/c1-8-12(18)11-9(2)17(14(20)21-15(3,4)5)7-10(11)16(6)13(8)19/h9,18H,7H2,1-6H3. The van der Waals surface area contributed by atoms with Crippen LogP contribution < -0.4 is 5.56 Å². The lowest BCUT2D eigenvalue weighted by atomic mass is 10.1. The van der Waals surface area contributed by atoms with E-state index < -0.39 is 11.7 Å². The SMILES string of the molecule is Cc1c(O)c2c(n(C)c1=O)CN(C(=O)OC(C)(C)C)C2C. The Kier molecular flexibility index (Phi) is 3.51. The van der Waals surface area contributed by atoms with E-state index in [9.17, 15) is 14.7 Å². The Hall–Kier alpha value is -1.98. The number of carbonyl (C=O) groups excluding carboxylic acids is 1. The molecule has 0 saturated heterocycles. The predicted molar refractivity (Wildman–Crippen MR) is 78.3 cm³/mol. The lowest BCUT2D eigenvalue weighted by molar-refractivity contribution is 0.0185. The molecule has 0 bridgehead atoms. The Labute approximate surface area is 123 Å². The van der Waals surface area contributed by atoms with Gasteiger partial charge in [0.1, 0.15) is 11.4 Å². The highest BCUT2D eigenvalue weighted by molar-refractivity contribution is 5.70. The maximum absolute atomic E-state index is 12.3. The summed E-state index contributed by atoms with van der Waals surface area (Å²) < 4.78 is 6.87. The van der Waals surface area contributed by atoms with Crippen molar-refractivity contribution in [1.82, 2.24) is 9.47 Å². The average Bonchev–Trinajstić information content (AvgIpc) is 2.70. The van der Waals surface area contributed by atoms with Gasteiger partial charge in [0.15, 0.2) is 0 Å². The molecule has 1 atom stereocenters. The van der Waals surface area contributed by atoms with Crippen LogP contribution in [0.15, 0.2) is 4.79 Å². The third-order valence-corrected chi connectivity index (χ3v) is 3.78. The molecular weight excluding hydrogens is 272 g/mol. The molecule has 1 amide bonds. The van der Waals surface area contributed by atoms with E-state index in [0.29, 0.717) is 16.8 Å². The molecule has 1 unspecified atom stereocenters. The highest BCUT2D eigenvalue weighted by Gasteiger charge is 2.37. The van der Waals surface area contributed by atoms with E-state index in [2.05, 4.69) is 0 Å². The molecule has 0 saturated carbocycles. The minimum absolute atomic E-state index is 0.0216. The van der Waals surface area contributed by atoms with Crippen LogP contribution in [0.3, 0.4) is 0 Å². The average molecular weight is 294 g/mol. The summed E-state index contributed by atoms with van der Waals surface area (Å²) in [6.07, 6.45) is -0.448. The van der Waals surface area contributed by atoms with Gasteiger partial charge in [-0.15, -0.1) is 0 Å². The second kappa shape index (κ2) is 4.79. The van der Waals surface area contributed by atoms with Gasteiger partial charge in [-0.3, -0.25) is 9.69 Å². The molecule has 1 aromatic rings. The van der Waals surface area contributed by atoms with Gasteiger partial charge in [0.2, 0.25) is 0 Å². The summed E-state index contributed by atoms with van der Waals surface area (Å²) in [5.41, 5.74) is 0.746. The Balaban J connectivity index is 2.44.